The molecule has 1 fully saturated rings. The van der Waals surface area contributed by atoms with E-state index in [2.05, 4.69) is 62.3 Å². The molecule has 0 aliphatic carbocycles. The molecule has 9 nitrogen and oxygen atoms in total. The zero-order valence-corrected chi connectivity index (χ0v) is 26.9. The summed E-state index contributed by atoms with van der Waals surface area (Å²) in [5.74, 6) is -0.102. The number of nitrogens with zero attached hydrogens (tertiary/aromatic N) is 4. The Morgan fingerprint density at radius 2 is 1.38 bits per heavy atom. The van der Waals surface area contributed by atoms with Gasteiger partial charge in [-0.05, 0) is 46.0 Å². The number of benzene rings is 5. The zero-order valence-electron chi connectivity index (χ0n) is 25.3. The molecule has 2 N–H and O–H groups in total. The van der Waals surface area contributed by atoms with Crippen LogP contribution in [0, 0.1) is 0 Å². The molecular weight excluding hydrogens is 629 g/mol. The van der Waals surface area contributed by atoms with Gasteiger partial charge in [-0.3, -0.25) is 4.79 Å². The fourth-order valence-electron chi connectivity index (χ4n) is 6.34. The zero-order chi connectivity index (χ0) is 32.3. The fourth-order valence-corrected chi connectivity index (χ4v) is 9.94. The standard InChI is InChI=1S/C36H32N6O3S2/c43-35(37-24-34-38-40-41-39-34)33-23-31(25-42(33)47(44,45)32-21-20-26-12-10-11-13-27(26)22-32)46-36(28-14-4-1-5-15-28,29-16-6-2-7-17-29)30-18-8-3-9-19-30/h1-22,31,33H,23-25H2,(H,37,43)(H,38,39,40,41)/t31-,33+/m1/s1. The highest BCUT2D eigenvalue weighted by molar-refractivity contribution is 8.01. The van der Waals surface area contributed by atoms with Gasteiger partial charge in [0.1, 0.15) is 6.04 Å². The van der Waals surface area contributed by atoms with Crippen molar-refractivity contribution in [2.75, 3.05) is 6.54 Å². The largest absolute Gasteiger partial charge is 0.347 e. The predicted octanol–water partition coefficient (Wildman–Crippen LogP) is 5.53. The maximum atomic E-state index is 14.4. The van der Waals surface area contributed by atoms with Crippen LogP contribution in [0.4, 0.5) is 0 Å². The molecule has 0 saturated carbocycles. The second-order valence-corrected chi connectivity index (χ2v) is 14.8. The van der Waals surface area contributed by atoms with Crippen LogP contribution < -0.4 is 5.32 Å². The van der Waals surface area contributed by atoms with E-state index < -0.39 is 26.7 Å². The molecule has 0 bridgehead atoms. The van der Waals surface area contributed by atoms with Gasteiger partial charge in [-0.1, -0.05) is 127 Å². The number of carbonyl (C=O) groups is 1. The van der Waals surface area contributed by atoms with Crippen molar-refractivity contribution in [1.29, 1.82) is 0 Å². The van der Waals surface area contributed by atoms with Crippen molar-refractivity contribution in [2.45, 2.75) is 33.9 Å². The van der Waals surface area contributed by atoms with Crippen molar-refractivity contribution in [3.05, 3.63) is 156 Å². The highest BCUT2D eigenvalue weighted by atomic mass is 32.2. The number of sulfonamides is 1. The first-order valence-corrected chi connectivity index (χ1v) is 17.6. The van der Waals surface area contributed by atoms with Gasteiger partial charge in [0, 0.05) is 11.8 Å². The van der Waals surface area contributed by atoms with Crippen LogP contribution in [0.3, 0.4) is 0 Å². The van der Waals surface area contributed by atoms with Crippen LogP contribution in [-0.4, -0.2) is 57.1 Å². The van der Waals surface area contributed by atoms with E-state index in [9.17, 15) is 13.2 Å². The third-order valence-electron chi connectivity index (χ3n) is 8.54. The Kier molecular flexibility index (Phi) is 8.59. The van der Waals surface area contributed by atoms with Crippen LogP contribution in [0.1, 0.15) is 28.9 Å². The number of thioether (sulfide) groups is 1. The molecule has 1 aromatic heterocycles. The lowest BCUT2D eigenvalue weighted by molar-refractivity contribution is -0.124. The number of fused-ring (bicyclic) bond motifs is 1. The second kappa shape index (κ2) is 13.1. The Bertz CT molecular complexity index is 1980. The molecule has 5 aromatic carbocycles. The maximum absolute atomic E-state index is 14.4. The van der Waals surface area contributed by atoms with Crippen molar-refractivity contribution in [1.82, 2.24) is 30.2 Å². The first kappa shape index (κ1) is 30.8. The van der Waals surface area contributed by atoms with Crippen molar-refractivity contribution in [3.8, 4) is 0 Å². The molecule has 47 heavy (non-hydrogen) atoms. The van der Waals surface area contributed by atoms with Gasteiger partial charge in [0.15, 0.2) is 5.82 Å². The van der Waals surface area contributed by atoms with Crippen molar-refractivity contribution >= 4 is 38.5 Å². The lowest BCUT2D eigenvalue weighted by Gasteiger charge is -2.37. The number of nitrogens with one attached hydrogen (secondary N) is 2. The lowest BCUT2D eigenvalue weighted by atomic mass is 9.84. The minimum atomic E-state index is -4.07. The number of amides is 1. The van der Waals surface area contributed by atoms with Gasteiger partial charge in [-0.2, -0.15) is 9.52 Å². The third kappa shape index (κ3) is 6.05. The number of carbonyl (C=O) groups excluding carboxylic acids is 1. The minimum Gasteiger partial charge on any atom is -0.347 e. The smallest absolute Gasteiger partial charge is 0.243 e. The summed E-state index contributed by atoms with van der Waals surface area (Å²) in [6, 6.07) is 42.6. The number of tetrazole rings is 1. The van der Waals surface area contributed by atoms with Gasteiger partial charge < -0.3 is 5.32 Å². The Balaban J connectivity index is 1.30. The molecule has 6 aromatic rings. The summed E-state index contributed by atoms with van der Waals surface area (Å²) in [6.45, 7) is 0.170. The van der Waals surface area contributed by atoms with E-state index in [-0.39, 0.29) is 23.2 Å². The molecule has 0 radical (unpaired) electrons. The van der Waals surface area contributed by atoms with E-state index in [0.717, 1.165) is 27.5 Å². The fraction of sp³-hybridized carbons (Fsp3) is 0.167. The molecule has 7 rings (SSSR count). The van der Waals surface area contributed by atoms with Crippen LogP contribution in [0.15, 0.2) is 138 Å². The van der Waals surface area contributed by atoms with Gasteiger partial charge >= 0.3 is 0 Å². The van der Waals surface area contributed by atoms with Crippen molar-refractivity contribution < 1.29 is 13.2 Å². The Morgan fingerprint density at radius 3 is 1.96 bits per heavy atom. The lowest BCUT2D eigenvalue weighted by Crippen LogP contribution is -2.45. The molecule has 0 spiro atoms. The number of hydrogen-bond donors (Lipinski definition) is 2. The van der Waals surface area contributed by atoms with E-state index in [1.165, 1.54) is 4.31 Å². The summed E-state index contributed by atoms with van der Waals surface area (Å²) in [6.07, 6.45) is 0.309. The van der Waals surface area contributed by atoms with Gasteiger partial charge in [0.05, 0.1) is 16.2 Å². The molecule has 2 atom stereocenters. The van der Waals surface area contributed by atoms with Crippen LogP contribution in [0.2, 0.25) is 0 Å². The molecule has 0 unspecified atom stereocenters. The molecule has 2 heterocycles. The van der Waals surface area contributed by atoms with Crippen LogP contribution in [0.25, 0.3) is 10.8 Å². The predicted molar refractivity (Wildman–Crippen MR) is 183 cm³/mol. The topological polar surface area (TPSA) is 121 Å². The highest BCUT2D eigenvalue weighted by Gasteiger charge is 2.48. The first-order valence-electron chi connectivity index (χ1n) is 15.3. The SMILES string of the molecule is O=C(NCc1nn[nH]n1)[C@@H]1C[C@@H](SC(c2ccccc2)(c2ccccc2)c2ccccc2)CN1S(=O)(=O)c1ccc2ccccc2c1. The average molecular weight is 661 g/mol. The summed E-state index contributed by atoms with van der Waals surface area (Å²) in [7, 11) is -4.07. The van der Waals surface area contributed by atoms with Gasteiger partial charge in [0.2, 0.25) is 15.9 Å². The third-order valence-corrected chi connectivity index (χ3v) is 12.1. The monoisotopic (exact) mass is 660 g/mol. The minimum absolute atomic E-state index is 0.0233. The Labute approximate surface area is 277 Å². The first-order chi connectivity index (χ1) is 22.9. The summed E-state index contributed by atoms with van der Waals surface area (Å²) in [4.78, 5) is 14.0. The summed E-state index contributed by atoms with van der Waals surface area (Å²) < 4.78 is 29.6. The van der Waals surface area contributed by atoms with E-state index in [4.69, 9.17) is 0 Å². The molecule has 1 amide bonds. The molecular formula is C36H32N6O3S2. The van der Waals surface area contributed by atoms with Gasteiger partial charge in [0.25, 0.3) is 0 Å². The molecule has 1 aliphatic heterocycles. The van der Waals surface area contributed by atoms with Gasteiger partial charge in [-0.25, -0.2) is 8.42 Å². The van der Waals surface area contributed by atoms with E-state index in [1.807, 2.05) is 78.9 Å². The molecule has 236 valence electrons. The van der Waals surface area contributed by atoms with Gasteiger partial charge in [-0.15, -0.1) is 22.0 Å². The highest BCUT2D eigenvalue weighted by Crippen LogP contribution is 2.52. The molecule has 1 saturated heterocycles. The van der Waals surface area contributed by atoms with Crippen molar-refractivity contribution in [3.63, 3.8) is 0 Å². The Morgan fingerprint density at radius 1 is 0.809 bits per heavy atom. The maximum Gasteiger partial charge on any atom is 0.243 e. The Hall–Kier alpha value is -4.84. The quantitative estimate of drug-likeness (QED) is 0.186. The van der Waals surface area contributed by atoms with E-state index in [1.54, 1.807) is 30.0 Å². The molecule has 11 heteroatoms. The number of hydrogen-bond acceptors (Lipinski definition) is 7. The van der Waals surface area contributed by atoms with Crippen LogP contribution in [0.5, 0.6) is 0 Å². The summed E-state index contributed by atoms with van der Waals surface area (Å²) >= 11 is 1.69. The van der Waals surface area contributed by atoms with Crippen LogP contribution in [-0.2, 0) is 26.1 Å². The average Bonchev–Trinajstić information content (AvgIpc) is 3.81. The summed E-state index contributed by atoms with van der Waals surface area (Å²) in [5, 5.41) is 18.1. The van der Waals surface area contributed by atoms with E-state index in [0.29, 0.717) is 12.2 Å². The molecule has 1 aliphatic rings. The number of aromatic nitrogens is 4. The van der Waals surface area contributed by atoms with E-state index >= 15 is 0 Å². The summed E-state index contributed by atoms with van der Waals surface area (Å²) in [5.41, 5.74) is 3.20. The van der Waals surface area contributed by atoms with Crippen LogP contribution >= 0.6 is 11.8 Å². The number of aromatic amines is 1. The number of H-pyrrole nitrogens is 1. The van der Waals surface area contributed by atoms with Crippen molar-refractivity contribution in [2.24, 2.45) is 0 Å². The second-order valence-electron chi connectivity index (χ2n) is 11.4. The normalized spacial score (nSPS) is 17.1. The number of rotatable bonds is 10.